The van der Waals surface area contributed by atoms with Gasteiger partial charge in [-0.15, -0.1) is 0 Å². The van der Waals surface area contributed by atoms with Crippen LogP contribution >= 0.6 is 0 Å². The average molecular weight is 224 g/mol. The minimum absolute atomic E-state index is 0.0529. The standard InChI is InChI=1S/C12H20N2O2/c1-12(2,3)10-9-6-13-5-8(9)7-14(10)11(15)16-4/h10,13H,5-7H2,1-4H3. The number of carbonyl (C=O) groups excluding carboxylic acids is 1. The lowest BCUT2D eigenvalue weighted by Gasteiger charge is -2.36. The molecule has 2 heterocycles. The third kappa shape index (κ3) is 1.71. The van der Waals surface area contributed by atoms with Gasteiger partial charge >= 0.3 is 6.09 Å². The molecule has 1 amide bonds. The summed E-state index contributed by atoms with van der Waals surface area (Å²) >= 11 is 0. The van der Waals surface area contributed by atoms with Crippen molar-refractivity contribution in [1.82, 2.24) is 10.2 Å². The summed E-state index contributed by atoms with van der Waals surface area (Å²) in [4.78, 5) is 13.6. The zero-order valence-corrected chi connectivity index (χ0v) is 10.5. The fraction of sp³-hybridized carbons (Fsp3) is 0.750. The molecule has 0 saturated heterocycles. The highest BCUT2D eigenvalue weighted by molar-refractivity contribution is 5.70. The summed E-state index contributed by atoms with van der Waals surface area (Å²) in [5.74, 6) is 0. The third-order valence-electron chi connectivity index (χ3n) is 3.34. The minimum Gasteiger partial charge on any atom is -0.453 e. The lowest BCUT2D eigenvalue weighted by molar-refractivity contribution is 0.0942. The summed E-state index contributed by atoms with van der Waals surface area (Å²) in [5.41, 5.74) is 2.81. The van der Waals surface area contributed by atoms with Gasteiger partial charge in [-0.05, 0) is 16.6 Å². The Bertz CT molecular complexity index is 341. The molecule has 4 heteroatoms. The van der Waals surface area contributed by atoms with Crippen molar-refractivity contribution < 1.29 is 9.53 Å². The van der Waals surface area contributed by atoms with Crippen LogP contribution in [0, 0.1) is 5.41 Å². The van der Waals surface area contributed by atoms with Crippen molar-refractivity contribution in [1.29, 1.82) is 0 Å². The molecule has 2 aliphatic rings. The van der Waals surface area contributed by atoms with Gasteiger partial charge in [-0.3, -0.25) is 4.90 Å². The van der Waals surface area contributed by atoms with E-state index in [1.807, 2.05) is 4.90 Å². The Hall–Kier alpha value is -1.03. The number of methoxy groups -OCH3 is 1. The molecule has 0 spiro atoms. The Labute approximate surface area is 96.6 Å². The van der Waals surface area contributed by atoms with Gasteiger partial charge in [0.2, 0.25) is 0 Å². The van der Waals surface area contributed by atoms with Crippen LogP contribution in [-0.2, 0) is 4.74 Å². The summed E-state index contributed by atoms with van der Waals surface area (Å²) in [6.07, 6.45) is -0.214. The maximum atomic E-state index is 11.8. The first-order valence-corrected chi connectivity index (χ1v) is 5.71. The van der Waals surface area contributed by atoms with Crippen LogP contribution in [0.15, 0.2) is 11.1 Å². The second-order valence-electron chi connectivity index (χ2n) is 5.60. The first kappa shape index (κ1) is 11.5. The molecule has 0 radical (unpaired) electrons. The minimum atomic E-state index is -0.214. The molecule has 90 valence electrons. The first-order valence-electron chi connectivity index (χ1n) is 5.71. The summed E-state index contributed by atoms with van der Waals surface area (Å²) in [6, 6.07) is 0.171. The quantitative estimate of drug-likeness (QED) is 0.632. The van der Waals surface area contributed by atoms with Crippen LogP contribution in [0.3, 0.4) is 0 Å². The van der Waals surface area contributed by atoms with E-state index in [1.165, 1.54) is 18.3 Å². The largest absolute Gasteiger partial charge is 0.453 e. The second kappa shape index (κ2) is 3.77. The van der Waals surface area contributed by atoms with Crippen molar-refractivity contribution in [2.24, 2.45) is 5.41 Å². The molecule has 2 aliphatic heterocycles. The Morgan fingerprint density at radius 3 is 2.69 bits per heavy atom. The maximum Gasteiger partial charge on any atom is 0.410 e. The normalized spacial score (nSPS) is 25.0. The lowest BCUT2D eigenvalue weighted by atomic mass is 9.82. The van der Waals surface area contributed by atoms with E-state index in [2.05, 4.69) is 26.1 Å². The third-order valence-corrected chi connectivity index (χ3v) is 3.34. The maximum absolute atomic E-state index is 11.8. The summed E-state index contributed by atoms with van der Waals surface area (Å²) in [7, 11) is 1.45. The molecule has 0 aliphatic carbocycles. The van der Waals surface area contributed by atoms with Crippen LogP contribution in [0.25, 0.3) is 0 Å². The van der Waals surface area contributed by atoms with Crippen molar-refractivity contribution in [3.05, 3.63) is 11.1 Å². The van der Waals surface area contributed by atoms with Crippen molar-refractivity contribution in [3.8, 4) is 0 Å². The van der Waals surface area contributed by atoms with E-state index in [9.17, 15) is 4.79 Å². The van der Waals surface area contributed by atoms with Gasteiger partial charge < -0.3 is 10.1 Å². The summed E-state index contributed by atoms with van der Waals surface area (Å²) < 4.78 is 4.86. The van der Waals surface area contributed by atoms with E-state index in [-0.39, 0.29) is 17.6 Å². The highest BCUT2D eigenvalue weighted by Gasteiger charge is 2.43. The van der Waals surface area contributed by atoms with Crippen LogP contribution < -0.4 is 5.32 Å². The zero-order chi connectivity index (χ0) is 11.9. The fourth-order valence-electron chi connectivity index (χ4n) is 2.80. The molecule has 1 atom stereocenters. The molecule has 0 saturated carbocycles. The smallest absolute Gasteiger partial charge is 0.410 e. The number of nitrogens with one attached hydrogen (secondary N) is 1. The van der Waals surface area contributed by atoms with Crippen LogP contribution in [-0.4, -0.2) is 43.8 Å². The molecular formula is C12H20N2O2. The Balaban J connectivity index is 2.29. The monoisotopic (exact) mass is 224 g/mol. The molecular weight excluding hydrogens is 204 g/mol. The van der Waals surface area contributed by atoms with E-state index in [4.69, 9.17) is 4.74 Å². The number of hydrogen-bond acceptors (Lipinski definition) is 3. The lowest BCUT2D eigenvalue weighted by Crippen LogP contribution is -2.46. The van der Waals surface area contributed by atoms with Gasteiger partial charge in [0.25, 0.3) is 0 Å². The topological polar surface area (TPSA) is 41.6 Å². The number of carbonyl (C=O) groups is 1. The molecule has 0 aromatic carbocycles. The van der Waals surface area contributed by atoms with E-state index in [1.54, 1.807) is 0 Å². The van der Waals surface area contributed by atoms with Gasteiger partial charge in [-0.1, -0.05) is 20.8 Å². The van der Waals surface area contributed by atoms with Crippen LogP contribution in [0.2, 0.25) is 0 Å². The van der Waals surface area contributed by atoms with E-state index < -0.39 is 0 Å². The molecule has 4 nitrogen and oxygen atoms in total. The molecule has 1 N–H and O–H groups in total. The van der Waals surface area contributed by atoms with E-state index in [0.717, 1.165) is 19.6 Å². The Morgan fingerprint density at radius 1 is 1.44 bits per heavy atom. The van der Waals surface area contributed by atoms with Gasteiger partial charge in [-0.25, -0.2) is 4.79 Å². The van der Waals surface area contributed by atoms with Crippen molar-refractivity contribution in [2.75, 3.05) is 26.7 Å². The van der Waals surface area contributed by atoms with Gasteiger partial charge in [0, 0.05) is 19.6 Å². The molecule has 0 aromatic rings. The fourth-order valence-corrected chi connectivity index (χ4v) is 2.80. The van der Waals surface area contributed by atoms with Crippen LogP contribution in [0.5, 0.6) is 0 Å². The van der Waals surface area contributed by atoms with Gasteiger partial charge in [0.15, 0.2) is 0 Å². The number of amides is 1. The van der Waals surface area contributed by atoms with Crippen molar-refractivity contribution in [2.45, 2.75) is 26.8 Å². The van der Waals surface area contributed by atoms with Crippen LogP contribution in [0.1, 0.15) is 20.8 Å². The molecule has 2 rings (SSSR count). The molecule has 0 bridgehead atoms. The van der Waals surface area contributed by atoms with E-state index in [0.29, 0.717) is 0 Å². The summed E-state index contributed by atoms with van der Waals surface area (Å²) in [5, 5.41) is 3.35. The van der Waals surface area contributed by atoms with Gasteiger partial charge in [0.1, 0.15) is 0 Å². The predicted octanol–water partition coefficient (Wildman–Crippen LogP) is 1.38. The molecule has 0 aromatic heterocycles. The number of hydrogen-bond donors (Lipinski definition) is 1. The molecule has 16 heavy (non-hydrogen) atoms. The highest BCUT2D eigenvalue weighted by atomic mass is 16.5. The van der Waals surface area contributed by atoms with Gasteiger partial charge in [-0.2, -0.15) is 0 Å². The zero-order valence-electron chi connectivity index (χ0n) is 10.5. The van der Waals surface area contributed by atoms with Gasteiger partial charge in [0.05, 0.1) is 13.2 Å². The predicted molar refractivity (Wildman–Crippen MR) is 62.2 cm³/mol. The number of nitrogens with zero attached hydrogens (tertiary/aromatic N) is 1. The second-order valence-corrected chi connectivity index (χ2v) is 5.60. The van der Waals surface area contributed by atoms with E-state index >= 15 is 0 Å². The van der Waals surface area contributed by atoms with Crippen LogP contribution in [0.4, 0.5) is 4.79 Å². The Morgan fingerprint density at radius 2 is 2.12 bits per heavy atom. The van der Waals surface area contributed by atoms with Crippen molar-refractivity contribution >= 4 is 6.09 Å². The van der Waals surface area contributed by atoms with Crippen molar-refractivity contribution in [3.63, 3.8) is 0 Å². The number of rotatable bonds is 0. The first-order chi connectivity index (χ1) is 7.45. The molecule has 1 unspecified atom stereocenters. The number of ether oxygens (including phenoxy) is 1. The Kier molecular flexibility index (Phi) is 2.70. The summed E-state index contributed by atoms with van der Waals surface area (Å²) in [6.45, 7) is 9.04. The SMILES string of the molecule is COC(=O)N1CC2=C(CNC2)C1C(C)(C)C. The molecule has 0 fully saturated rings. The average Bonchev–Trinajstić information content (AvgIpc) is 2.72. The highest BCUT2D eigenvalue weighted by Crippen LogP contribution is 2.38.